The molecule has 1 heterocycles. The summed E-state index contributed by atoms with van der Waals surface area (Å²) in [5.41, 5.74) is 0.815. The first-order valence-corrected chi connectivity index (χ1v) is 8.78. The van der Waals surface area contributed by atoms with Gasteiger partial charge in [-0.15, -0.1) is 0 Å². The van der Waals surface area contributed by atoms with Crippen molar-refractivity contribution in [3.8, 4) is 0 Å². The summed E-state index contributed by atoms with van der Waals surface area (Å²) in [4.78, 5) is 17.4. The van der Waals surface area contributed by atoms with Gasteiger partial charge in [0.15, 0.2) is 0 Å². The maximum atomic E-state index is 12.9. The van der Waals surface area contributed by atoms with E-state index in [4.69, 9.17) is 0 Å². The van der Waals surface area contributed by atoms with Crippen molar-refractivity contribution in [1.82, 2.24) is 4.98 Å². The van der Waals surface area contributed by atoms with Gasteiger partial charge < -0.3 is 5.32 Å². The molecule has 1 aromatic rings. The van der Waals surface area contributed by atoms with E-state index in [1.54, 1.807) is 0 Å². The molecule has 0 saturated heterocycles. The third-order valence-corrected chi connectivity index (χ3v) is 6.62. The fourth-order valence-corrected chi connectivity index (χ4v) is 5.47. The smallest absolute Gasteiger partial charge is 0.231 e. The van der Waals surface area contributed by atoms with Crippen molar-refractivity contribution < 1.29 is 4.79 Å². The monoisotopic (exact) mass is 348 g/mol. The maximum Gasteiger partial charge on any atom is 0.231 e. The van der Waals surface area contributed by atoms with Crippen LogP contribution in [-0.4, -0.2) is 10.9 Å². The van der Waals surface area contributed by atoms with E-state index in [-0.39, 0.29) is 11.3 Å². The molecule has 4 fully saturated rings. The Morgan fingerprint density at radius 2 is 1.76 bits per heavy atom. The van der Waals surface area contributed by atoms with Crippen LogP contribution in [0.3, 0.4) is 0 Å². The maximum absolute atomic E-state index is 12.9. The van der Waals surface area contributed by atoms with Gasteiger partial charge in [0.2, 0.25) is 5.91 Å². The Morgan fingerprint density at radius 3 is 2.29 bits per heavy atom. The average molecular weight is 349 g/mol. The minimum Gasteiger partial charge on any atom is -0.310 e. The number of carbonyl (C=O) groups is 1. The molecule has 0 aliphatic heterocycles. The van der Waals surface area contributed by atoms with Crippen LogP contribution in [0.5, 0.6) is 0 Å². The minimum absolute atomic E-state index is 0.0998. The molecular weight excluding hydrogens is 328 g/mol. The fourth-order valence-electron chi connectivity index (χ4n) is 5.25. The van der Waals surface area contributed by atoms with Crippen LogP contribution in [0.2, 0.25) is 0 Å². The van der Waals surface area contributed by atoms with E-state index in [1.807, 2.05) is 19.1 Å². The Labute approximate surface area is 134 Å². The Bertz CT molecular complexity index is 563. The summed E-state index contributed by atoms with van der Waals surface area (Å²) >= 11 is 3.45. The zero-order valence-corrected chi connectivity index (χ0v) is 13.9. The predicted molar refractivity (Wildman–Crippen MR) is 85.9 cm³/mol. The summed E-state index contributed by atoms with van der Waals surface area (Å²) < 4.78 is 0.982. The number of amides is 1. The Morgan fingerprint density at radius 1 is 1.19 bits per heavy atom. The molecule has 4 aliphatic carbocycles. The highest BCUT2D eigenvalue weighted by atomic mass is 79.9. The average Bonchev–Trinajstić information content (AvgIpc) is 2.41. The molecule has 0 unspecified atom stereocenters. The molecule has 4 aliphatic rings. The van der Waals surface area contributed by atoms with Gasteiger partial charge in [0, 0.05) is 4.47 Å². The highest BCUT2D eigenvalue weighted by molar-refractivity contribution is 9.10. The number of aromatic nitrogens is 1. The Balaban J connectivity index is 1.56. The summed E-state index contributed by atoms with van der Waals surface area (Å²) in [6.07, 6.45) is 7.38. The first-order chi connectivity index (χ1) is 10.0. The van der Waals surface area contributed by atoms with Crippen LogP contribution in [0.15, 0.2) is 16.6 Å². The van der Waals surface area contributed by atoms with E-state index in [2.05, 4.69) is 26.2 Å². The second-order valence-electron chi connectivity index (χ2n) is 7.42. The summed E-state index contributed by atoms with van der Waals surface area (Å²) in [5, 5.41) is 3.10. The van der Waals surface area contributed by atoms with Crippen molar-refractivity contribution in [1.29, 1.82) is 0 Å². The molecule has 4 bridgehead atoms. The largest absolute Gasteiger partial charge is 0.310 e. The quantitative estimate of drug-likeness (QED) is 0.865. The van der Waals surface area contributed by atoms with E-state index in [0.29, 0.717) is 5.82 Å². The first kappa shape index (κ1) is 13.7. The van der Waals surface area contributed by atoms with Crippen molar-refractivity contribution >= 4 is 27.7 Å². The van der Waals surface area contributed by atoms with Crippen LogP contribution >= 0.6 is 15.9 Å². The second kappa shape index (κ2) is 4.80. The Hall–Kier alpha value is -0.900. The SMILES string of the molecule is Cc1nc(NC(=O)C23CC4CC(CC(C4)C2)C3)ccc1Br. The van der Waals surface area contributed by atoms with Gasteiger partial charge >= 0.3 is 0 Å². The lowest BCUT2D eigenvalue weighted by Gasteiger charge is -2.55. The van der Waals surface area contributed by atoms with Crippen LogP contribution in [-0.2, 0) is 4.79 Å². The molecule has 112 valence electrons. The molecule has 1 amide bonds. The van der Waals surface area contributed by atoms with E-state index in [1.165, 1.54) is 19.3 Å². The molecule has 4 saturated carbocycles. The van der Waals surface area contributed by atoms with Crippen LogP contribution < -0.4 is 5.32 Å². The lowest BCUT2D eigenvalue weighted by atomic mass is 9.49. The van der Waals surface area contributed by atoms with E-state index in [9.17, 15) is 4.79 Å². The topological polar surface area (TPSA) is 42.0 Å². The van der Waals surface area contributed by atoms with Crippen molar-refractivity contribution in [2.45, 2.75) is 45.4 Å². The van der Waals surface area contributed by atoms with Crippen LogP contribution in [0, 0.1) is 30.1 Å². The zero-order chi connectivity index (χ0) is 14.6. The van der Waals surface area contributed by atoms with Gasteiger partial charge in [-0.1, -0.05) is 0 Å². The standard InChI is InChI=1S/C17H21BrN2O/c1-10-14(18)2-3-15(19-10)20-16(21)17-7-11-4-12(8-17)6-13(5-11)9-17/h2-3,11-13H,4-9H2,1H3,(H,19,20,21). The molecule has 0 spiro atoms. The van der Waals surface area contributed by atoms with Crippen molar-refractivity contribution in [3.63, 3.8) is 0 Å². The van der Waals surface area contributed by atoms with Gasteiger partial charge in [-0.05, 0) is 91.3 Å². The van der Waals surface area contributed by atoms with Gasteiger partial charge in [-0.2, -0.15) is 0 Å². The normalized spacial score (nSPS) is 36.8. The summed E-state index contributed by atoms with van der Waals surface area (Å²) in [6.45, 7) is 1.95. The highest BCUT2D eigenvalue weighted by Gasteiger charge is 2.54. The van der Waals surface area contributed by atoms with Gasteiger partial charge in [0.1, 0.15) is 5.82 Å². The van der Waals surface area contributed by atoms with Crippen LogP contribution in [0.25, 0.3) is 0 Å². The Kier molecular flexibility index (Phi) is 3.14. The zero-order valence-electron chi connectivity index (χ0n) is 12.4. The van der Waals surface area contributed by atoms with Gasteiger partial charge in [-0.3, -0.25) is 4.79 Å². The van der Waals surface area contributed by atoms with E-state index < -0.39 is 0 Å². The molecule has 4 heteroatoms. The third-order valence-electron chi connectivity index (χ3n) is 5.78. The molecule has 0 radical (unpaired) electrons. The number of carbonyl (C=O) groups excluding carboxylic acids is 1. The lowest BCUT2D eigenvalue weighted by molar-refractivity contribution is -0.140. The molecule has 1 aromatic heterocycles. The highest BCUT2D eigenvalue weighted by Crippen LogP contribution is 2.60. The number of hydrogen-bond donors (Lipinski definition) is 1. The van der Waals surface area contributed by atoms with E-state index in [0.717, 1.165) is 47.2 Å². The summed E-state index contributed by atoms with van der Waals surface area (Å²) in [7, 11) is 0. The molecule has 21 heavy (non-hydrogen) atoms. The number of aryl methyl sites for hydroxylation is 1. The van der Waals surface area contributed by atoms with Crippen molar-refractivity contribution in [2.24, 2.45) is 23.2 Å². The number of rotatable bonds is 2. The summed E-state index contributed by atoms with van der Waals surface area (Å²) in [5.74, 6) is 3.29. The third kappa shape index (κ3) is 2.32. The van der Waals surface area contributed by atoms with Gasteiger partial charge in [0.25, 0.3) is 0 Å². The fraction of sp³-hybridized carbons (Fsp3) is 0.647. The molecule has 0 atom stereocenters. The van der Waals surface area contributed by atoms with Gasteiger partial charge in [-0.25, -0.2) is 4.98 Å². The van der Waals surface area contributed by atoms with Crippen LogP contribution in [0.4, 0.5) is 5.82 Å². The number of pyridine rings is 1. The molecule has 1 N–H and O–H groups in total. The van der Waals surface area contributed by atoms with Crippen molar-refractivity contribution in [3.05, 3.63) is 22.3 Å². The molecule has 3 nitrogen and oxygen atoms in total. The van der Waals surface area contributed by atoms with Crippen LogP contribution in [0.1, 0.15) is 44.2 Å². The van der Waals surface area contributed by atoms with E-state index >= 15 is 0 Å². The molecule has 0 aromatic carbocycles. The second-order valence-corrected chi connectivity index (χ2v) is 8.27. The predicted octanol–water partition coefficient (Wildman–Crippen LogP) is 4.31. The molecule has 5 rings (SSSR count). The number of hydrogen-bond acceptors (Lipinski definition) is 2. The number of anilines is 1. The van der Waals surface area contributed by atoms with Gasteiger partial charge in [0.05, 0.1) is 11.1 Å². The summed E-state index contributed by atoms with van der Waals surface area (Å²) in [6, 6.07) is 3.84. The number of nitrogens with one attached hydrogen (secondary N) is 1. The number of nitrogens with zero attached hydrogens (tertiary/aromatic N) is 1. The first-order valence-electron chi connectivity index (χ1n) is 7.99. The molecular formula is C17H21BrN2O. The number of halogens is 1. The van der Waals surface area contributed by atoms with Crippen molar-refractivity contribution in [2.75, 3.05) is 5.32 Å². The minimum atomic E-state index is -0.0998. The lowest BCUT2D eigenvalue weighted by Crippen LogP contribution is -2.51.